The molecule has 2 heterocycles. The Hall–Kier alpha value is -2.63. The Balaban J connectivity index is 2.46. The highest BCUT2D eigenvalue weighted by Crippen LogP contribution is 2.27. The third kappa shape index (κ3) is 5.68. The van der Waals surface area contributed by atoms with E-state index in [2.05, 4.69) is 16.8 Å². The van der Waals surface area contributed by atoms with Gasteiger partial charge in [-0.1, -0.05) is 18.8 Å². The molecule has 1 aromatic rings. The first-order valence-electron chi connectivity index (χ1n) is 9.56. The summed E-state index contributed by atoms with van der Waals surface area (Å²) in [4.78, 5) is 32.4. The quantitative estimate of drug-likeness (QED) is 0.731. The fourth-order valence-electron chi connectivity index (χ4n) is 3.00. The molecule has 3 atom stereocenters. The summed E-state index contributed by atoms with van der Waals surface area (Å²) in [6, 6.07) is 1.27. The van der Waals surface area contributed by atoms with Crippen molar-refractivity contribution in [3.05, 3.63) is 23.4 Å². The number of aliphatic hydroxyl groups excluding tert-OH is 1. The maximum absolute atomic E-state index is 13.2. The van der Waals surface area contributed by atoms with Gasteiger partial charge in [0.05, 0.1) is 19.2 Å². The van der Waals surface area contributed by atoms with E-state index in [1.807, 2.05) is 6.92 Å². The summed E-state index contributed by atoms with van der Waals surface area (Å²) in [7, 11) is 3.26. The van der Waals surface area contributed by atoms with Crippen LogP contribution in [0.15, 0.2) is 12.3 Å². The van der Waals surface area contributed by atoms with Crippen LogP contribution >= 0.6 is 0 Å². The summed E-state index contributed by atoms with van der Waals surface area (Å²) in [6.45, 7) is 6.10. The number of amides is 2. The lowest BCUT2D eigenvalue weighted by Gasteiger charge is -2.37. The molecule has 0 fully saturated rings. The van der Waals surface area contributed by atoms with Crippen molar-refractivity contribution in [2.75, 3.05) is 40.5 Å². The second-order valence-corrected chi connectivity index (χ2v) is 7.33. The first kappa shape index (κ1) is 22.7. The van der Waals surface area contributed by atoms with E-state index in [9.17, 15) is 14.7 Å². The lowest BCUT2D eigenvalue weighted by Crippen LogP contribution is -2.50. The molecule has 0 saturated carbocycles. The Morgan fingerprint density at radius 3 is 2.90 bits per heavy atom. The molecule has 2 rings (SSSR count). The molecule has 1 N–H and O–H groups in total. The Kier molecular flexibility index (Phi) is 8.00. The molecule has 0 unspecified atom stereocenters. The van der Waals surface area contributed by atoms with Crippen LogP contribution in [0.1, 0.15) is 36.7 Å². The molecule has 2 amide bonds. The lowest BCUT2D eigenvalue weighted by molar-refractivity contribution is -0.129. The van der Waals surface area contributed by atoms with Crippen molar-refractivity contribution in [2.24, 2.45) is 5.92 Å². The number of fused-ring (bicyclic) bond motifs is 1. The van der Waals surface area contributed by atoms with Crippen LogP contribution in [0.2, 0.25) is 0 Å². The van der Waals surface area contributed by atoms with Gasteiger partial charge in [-0.3, -0.25) is 9.59 Å². The maximum atomic E-state index is 13.2. The molecule has 0 bridgehead atoms. The zero-order valence-corrected chi connectivity index (χ0v) is 17.6. The summed E-state index contributed by atoms with van der Waals surface area (Å²) < 4.78 is 11.0. The van der Waals surface area contributed by atoms with Crippen molar-refractivity contribution < 1.29 is 24.2 Å². The van der Waals surface area contributed by atoms with Crippen LogP contribution in [0.25, 0.3) is 0 Å². The first-order valence-corrected chi connectivity index (χ1v) is 9.56. The predicted molar refractivity (Wildman–Crippen MR) is 107 cm³/mol. The molecule has 1 aliphatic heterocycles. The van der Waals surface area contributed by atoms with E-state index >= 15 is 0 Å². The van der Waals surface area contributed by atoms with Gasteiger partial charge in [0.25, 0.3) is 5.91 Å². The smallest absolute Gasteiger partial charge is 0.259 e. The van der Waals surface area contributed by atoms with Gasteiger partial charge in [-0.25, -0.2) is 4.98 Å². The lowest BCUT2D eigenvalue weighted by atomic mass is 10.00. The zero-order chi connectivity index (χ0) is 21.6. The zero-order valence-electron chi connectivity index (χ0n) is 17.6. The van der Waals surface area contributed by atoms with Gasteiger partial charge in [0, 0.05) is 45.3 Å². The number of pyridine rings is 1. The molecular weight excluding hydrogens is 374 g/mol. The van der Waals surface area contributed by atoms with Gasteiger partial charge in [0.15, 0.2) is 0 Å². The van der Waals surface area contributed by atoms with Crippen molar-refractivity contribution in [3.63, 3.8) is 0 Å². The summed E-state index contributed by atoms with van der Waals surface area (Å²) in [6.07, 6.45) is 1.19. The number of hydrogen-bond acceptors (Lipinski definition) is 6. The second kappa shape index (κ2) is 10.2. The van der Waals surface area contributed by atoms with Crippen molar-refractivity contribution in [3.8, 4) is 17.7 Å². The van der Waals surface area contributed by atoms with E-state index in [1.54, 1.807) is 43.1 Å². The summed E-state index contributed by atoms with van der Waals surface area (Å²) in [5, 5.41) is 9.65. The van der Waals surface area contributed by atoms with Gasteiger partial charge in [0.1, 0.15) is 18.3 Å². The number of ether oxygens (including phenoxy) is 2. The normalized spacial score (nSPS) is 19.8. The van der Waals surface area contributed by atoms with Crippen LogP contribution in [0.4, 0.5) is 0 Å². The molecule has 158 valence electrons. The standard InChI is InChI=1S/C21H29N3O5/c1-14-11-24(15(2)13-25)21(27)18-9-17(7-6-8-28-5)10-22-20(18)29-19(14)12-23(4)16(3)26/h9-10,14-15,19,25H,8,11-13H2,1-5H3/t14-,15+,19-/m0/s1. The van der Waals surface area contributed by atoms with Gasteiger partial charge in [-0.05, 0) is 13.0 Å². The fourth-order valence-corrected chi connectivity index (χ4v) is 3.00. The highest BCUT2D eigenvalue weighted by atomic mass is 16.5. The number of likely N-dealkylation sites (N-methyl/N-ethyl adjacent to an activating group) is 1. The van der Waals surface area contributed by atoms with Crippen molar-refractivity contribution >= 4 is 11.8 Å². The number of methoxy groups -OCH3 is 1. The Bertz CT molecular complexity index is 801. The van der Waals surface area contributed by atoms with E-state index < -0.39 is 0 Å². The number of carbonyl (C=O) groups is 2. The van der Waals surface area contributed by atoms with E-state index in [4.69, 9.17) is 9.47 Å². The molecular formula is C21H29N3O5. The van der Waals surface area contributed by atoms with Crippen molar-refractivity contribution in [1.29, 1.82) is 0 Å². The Morgan fingerprint density at radius 1 is 1.55 bits per heavy atom. The number of carbonyl (C=O) groups excluding carboxylic acids is 2. The highest BCUT2D eigenvalue weighted by Gasteiger charge is 2.34. The molecule has 0 aromatic carbocycles. The largest absolute Gasteiger partial charge is 0.472 e. The van der Waals surface area contributed by atoms with Crippen LogP contribution in [0.3, 0.4) is 0 Å². The van der Waals surface area contributed by atoms with Gasteiger partial charge in [-0.15, -0.1) is 0 Å². The summed E-state index contributed by atoms with van der Waals surface area (Å²) in [5.41, 5.74) is 0.859. The van der Waals surface area contributed by atoms with Crippen LogP contribution in [0.5, 0.6) is 5.88 Å². The topological polar surface area (TPSA) is 92.2 Å². The van der Waals surface area contributed by atoms with Crippen molar-refractivity contribution in [2.45, 2.75) is 32.9 Å². The summed E-state index contributed by atoms with van der Waals surface area (Å²) in [5.74, 6) is 5.53. The van der Waals surface area contributed by atoms with Gasteiger partial charge in [0.2, 0.25) is 11.8 Å². The van der Waals surface area contributed by atoms with E-state index in [1.165, 1.54) is 6.92 Å². The number of rotatable bonds is 5. The van der Waals surface area contributed by atoms with Gasteiger partial charge >= 0.3 is 0 Å². The van der Waals surface area contributed by atoms with Gasteiger partial charge < -0.3 is 24.4 Å². The molecule has 29 heavy (non-hydrogen) atoms. The molecule has 1 aromatic heterocycles. The second-order valence-electron chi connectivity index (χ2n) is 7.33. The average Bonchev–Trinajstić information content (AvgIpc) is 2.70. The van der Waals surface area contributed by atoms with E-state index in [0.717, 1.165) is 0 Å². The van der Waals surface area contributed by atoms with Crippen LogP contribution in [-0.4, -0.2) is 84.3 Å². The fraction of sp³-hybridized carbons (Fsp3) is 0.571. The Labute approximate surface area is 171 Å². The van der Waals surface area contributed by atoms with Crippen LogP contribution < -0.4 is 4.74 Å². The summed E-state index contributed by atoms with van der Waals surface area (Å²) >= 11 is 0. The highest BCUT2D eigenvalue weighted by molar-refractivity contribution is 5.97. The van der Waals surface area contributed by atoms with Gasteiger partial charge in [-0.2, -0.15) is 0 Å². The Morgan fingerprint density at radius 2 is 2.28 bits per heavy atom. The minimum atomic E-state index is -0.370. The number of hydrogen-bond donors (Lipinski definition) is 1. The minimum Gasteiger partial charge on any atom is -0.472 e. The maximum Gasteiger partial charge on any atom is 0.259 e. The average molecular weight is 403 g/mol. The van der Waals surface area contributed by atoms with E-state index in [-0.39, 0.29) is 54.5 Å². The van der Waals surface area contributed by atoms with E-state index in [0.29, 0.717) is 18.7 Å². The molecule has 8 nitrogen and oxygen atoms in total. The van der Waals surface area contributed by atoms with Crippen LogP contribution in [-0.2, 0) is 9.53 Å². The number of nitrogens with zero attached hydrogens (tertiary/aromatic N) is 3. The minimum absolute atomic E-state index is 0.0727. The number of aromatic nitrogens is 1. The predicted octanol–water partition coefficient (Wildman–Crippen LogP) is 0.778. The molecule has 0 aliphatic carbocycles. The van der Waals surface area contributed by atoms with Crippen molar-refractivity contribution in [1.82, 2.24) is 14.8 Å². The number of aliphatic hydroxyl groups is 1. The van der Waals surface area contributed by atoms with Crippen LogP contribution in [0, 0.1) is 17.8 Å². The molecule has 0 saturated heterocycles. The molecule has 8 heteroatoms. The molecule has 0 spiro atoms. The monoisotopic (exact) mass is 403 g/mol. The SMILES string of the molecule is COCC#Cc1cnc2c(c1)C(=O)N([C@H](C)CO)C[C@H](C)[C@H](CN(C)C(C)=O)O2. The molecule has 0 radical (unpaired) electrons. The third-order valence-electron chi connectivity index (χ3n) is 4.96. The third-order valence-corrected chi connectivity index (χ3v) is 4.96. The molecule has 1 aliphatic rings. The first-order chi connectivity index (χ1) is 13.8.